The average molecular weight is 467 g/mol. The number of halogens is 2. The van der Waals surface area contributed by atoms with E-state index >= 15 is 0 Å². The number of fused-ring (bicyclic) bond motifs is 2. The zero-order chi connectivity index (χ0) is 21.0. The lowest BCUT2D eigenvalue weighted by atomic mass is 10.0. The van der Waals surface area contributed by atoms with Crippen molar-refractivity contribution in [1.82, 2.24) is 10.2 Å². The average Bonchev–Trinajstić information content (AvgIpc) is 3.35. The van der Waals surface area contributed by atoms with E-state index in [0.717, 1.165) is 43.7 Å². The molecule has 3 aliphatic rings. The van der Waals surface area contributed by atoms with Crippen LogP contribution in [-0.2, 0) is 16.3 Å². The molecule has 2 fully saturated rings. The maximum atomic E-state index is 11.8. The van der Waals surface area contributed by atoms with Crippen molar-refractivity contribution >= 4 is 33.0 Å². The summed E-state index contributed by atoms with van der Waals surface area (Å²) in [7, 11) is -3.24. The molecule has 0 spiro atoms. The number of likely N-dealkylation sites (tertiary alicyclic amines) is 1. The van der Waals surface area contributed by atoms with E-state index in [0.29, 0.717) is 27.6 Å². The zero-order valence-corrected chi connectivity index (χ0v) is 19.0. The first kappa shape index (κ1) is 20.6. The highest BCUT2D eigenvalue weighted by Crippen LogP contribution is 2.44. The van der Waals surface area contributed by atoms with Gasteiger partial charge in [0.25, 0.3) is 0 Å². The van der Waals surface area contributed by atoms with Gasteiger partial charge in [-0.25, -0.2) is 8.42 Å². The van der Waals surface area contributed by atoms with Crippen LogP contribution in [0.5, 0.6) is 5.75 Å². The smallest absolute Gasteiger partial charge is 0.175 e. The standard InChI is InChI=1S/C22H24Cl2N2O3S/c1-30(27,28)17-4-2-16(3-5-17)29-22-19-6-15(23)7-20(24)18(19)8-21(22)26-11-13-9-25-10-14(13)12-26/h2-7,13-14,21-22,25H,8-12H2,1H3/t13-,14-,21+,22+/m0/s1. The fourth-order valence-corrected chi connectivity index (χ4v) is 6.37. The molecule has 0 bridgehead atoms. The molecule has 5 nitrogen and oxygen atoms in total. The monoisotopic (exact) mass is 466 g/mol. The van der Waals surface area contributed by atoms with Crippen LogP contribution in [0.4, 0.5) is 0 Å². The van der Waals surface area contributed by atoms with Crippen LogP contribution in [0.1, 0.15) is 17.2 Å². The molecule has 2 aliphatic heterocycles. The van der Waals surface area contributed by atoms with E-state index < -0.39 is 9.84 Å². The van der Waals surface area contributed by atoms with Gasteiger partial charge in [0.15, 0.2) is 9.84 Å². The fourth-order valence-electron chi connectivity index (χ4n) is 5.15. The summed E-state index contributed by atoms with van der Waals surface area (Å²) in [5.74, 6) is 2.01. The van der Waals surface area contributed by atoms with E-state index in [9.17, 15) is 8.42 Å². The van der Waals surface area contributed by atoms with Crippen molar-refractivity contribution in [1.29, 1.82) is 0 Å². The maximum Gasteiger partial charge on any atom is 0.175 e. The van der Waals surface area contributed by atoms with Gasteiger partial charge in [0.1, 0.15) is 11.9 Å². The third kappa shape index (κ3) is 3.73. The molecule has 2 heterocycles. The highest BCUT2D eigenvalue weighted by molar-refractivity contribution is 7.90. The molecule has 1 N–H and O–H groups in total. The van der Waals surface area contributed by atoms with Crippen LogP contribution < -0.4 is 10.1 Å². The Hall–Kier alpha value is -1.31. The highest BCUT2D eigenvalue weighted by Gasteiger charge is 2.45. The molecule has 0 unspecified atom stereocenters. The summed E-state index contributed by atoms with van der Waals surface area (Å²) in [6.07, 6.45) is 1.83. The van der Waals surface area contributed by atoms with E-state index in [1.807, 2.05) is 6.07 Å². The second-order valence-electron chi connectivity index (χ2n) is 8.64. The summed E-state index contributed by atoms with van der Waals surface area (Å²) >= 11 is 12.9. The van der Waals surface area contributed by atoms with Crippen molar-refractivity contribution in [2.45, 2.75) is 23.5 Å². The number of nitrogens with one attached hydrogen (secondary N) is 1. The number of ether oxygens (including phenoxy) is 1. The van der Waals surface area contributed by atoms with Crippen LogP contribution in [0.15, 0.2) is 41.3 Å². The minimum Gasteiger partial charge on any atom is -0.484 e. The minimum absolute atomic E-state index is 0.177. The summed E-state index contributed by atoms with van der Waals surface area (Å²) in [6.45, 7) is 4.25. The first-order valence-corrected chi connectivity index (χ1v) is 12.8. The molecule has 8 heteroatoms. The molecule has 0 saturated carbocycles. The van der Waals surface area contributed by atoms with E-state index in [1.165, 1.54) is 6.26 Å². The predicted molar refractivity (Wildman–Crippen MR) is 118 cm³/mol. The van der Waals surface area contributed by atoms with Gasteiger partial charge in [-0.2, -0.15) is 0 Å². The van der Waals surface area contributed by atoms with E-state index in [2.05, 4.69) is 10.2 Å². The summed E-state index contributed by atoms with van der Waals surface area (Å²) in [5, 5.41) is 4.77. The van der Waals surface area contributed by atoms with Gasteiger partial charge >= 0.3 is 0 Å². The molecule has 0 aromatic heterocycles. The van der Waals surface area contributed by atoms with Crippen molar-refractivity contribution in [3.63, 3.8) is 0 Å². The largest absolute Gasteiger partial charge is 0.484 e. The molecule has 4 atom stereocenters. The van der Waals surface area contributed by atoms with Gasteiger partial charge in [-0.1, -0.05) is 23.2 Å². The Morgan fingerprint density at radius 2 is 1.73 bits per heavy atom. The maximum absolute atomic E-state index is 11.8. The lowest BCUT2D eigenvalue weighted by Gasteiger charge is -2.31. The van der Waals surface area contributed by atoms with Gasteiger partial charge < -0.3 is 10.1 Å². The molecule has 160 valence electrons. The molecule has 0 amide bonds. The number of nitrogens with zero attached hydrogens (tertiary/aromatic N) is 1. The van der Waals surface area contributed by atoms with Crippen LogP contribution in [0.2, 0.25) is 10.0 Å². The molecule has 5 rings (SSSR count). The molecule has 2 saturated heterocycles. The van der Waals surface area contributed by atoms with Crippen LogP contribution in [0, 0.1) is 11.8 Å². The number of hydrogen-bond donors (Lipinski definition) is 1. The molecular weight excluding hydrogens is 443 g/mol. The fraction of sp³-hybridized carbons (Fsp3) is 0.455. The Balaban J connectivity index is 1.46. The SMILES string of the molecule is CS(=O)(=O)c1ccc(O[C@@H]2c3cc(Cl)cc(Cl)c3C[C@H]2N2C[C@@H]3CNC[C@H]3C2)cc1. The number of hydrogen-bond acceptors (Lipinski definition) is 5. The number of sulfone groups is 1. The Kier molecular flexibility index (Phi) is 5.27. The van der Waals surface area contributed by atoms with Gasteiger partial charge in [-0.3, -0.25) is 4.90 Å². The number of rotatable bonds is 4. The van der Waals surface area contributed by atoms with E-state index in [-0.39, 0.29) is 17.0 Å². The summed E-state index contributed by atoms with van der Waals surface area (Å²) < 4.78 is 30.0. The first-order chi connectivity index (χ1) is 14.3. The number of benzene rings is 2. The van der Waals surface area contributed by atoms with Gasteiger partial charge in [-0.05, 0) is 73.3 Å². The lowest BCUT2D eigenvalue weighted by molar-refractivity contribution is 0.0890. The molecule has 30 heavy (non-hydrogen) atoms. The Labute approximate surface area is 187 Å². The lowest BCUT2D eigenvalue weighted by Crippen LogP contribution is -2.40. The third-order valence-corrected chi connectivity index (χ3v) is 8.35. The minimum atomic E-state index is -3.24. The molecule has 0 radical (unpaired) electrons. The molecule has 2 aromatic rings. The zero-order valence-electron chi connectivity index (χ0n) is 16.6. The van der Waals surface area contributed by atoms with Crippen molar-refractivity contribution in [2.75, 3.05) is 32.4 Å². The normalized spacial score (nSPS) is 28.5. The molecule has 1 aliphatic carbocycles. The van der Waals surface area contributed by atoms with Gasteiger partial charge in [-0.15, -0.1) is 0 Å². The first-order valence-electron chi connectivity index (χ1n) is 10.2. The molecule has 2 aromatic carbocycles. The molecular formula is C22H24Cl2N2O3S. The van der Waals surface area contributed by atoms with Crippen molar-refractivity contribution in [3.8, 4) is 5.75 Å². The summed E-state index contributed by atoms with van der Waals surface area (Å²) in [5.41, 5.74) is 2.12. The Morgan fingerprint density at radius 3 is 2.37 bits per heavy atom. The quantitative estimate of drug-likeness (QED) is 0.745. The van der Waals surface area contributed by atoms with Crippen molar-refractivity contribution in [3.05, 3.63) is 57.6 Å². The van der Waals surface area contributed by atoms with Crippen LogP contribution in [-0.4, -0.2) is 51.8 Å². The van der Waals surface area contributed by atoms with Crippen molar-refractivity contribution in [2.24, 2.45) is 11.8 Å². The topological polar surface area (TPSA) is 58.6 Å². The Morgan fingerprint density at radius 1 is 1.07 bits per heavy atom. The van der Waals surface area contributed by atoms with E-state index in [1.54, 1.807) is 30.3 Å². The van der Waals surface area contributed by atoms with Crippen molar-refractivity contribution < 1.29 is 13.2 Å². The van der Waals surface area contributed by atoms with Crippen LogP contribution in [0.3, 0.4) is 0 Å². The second kappa shape index (κ2) is 7.68. The van der Waals surface area contributed by atoms with Gasteiger partial charge in [0.05, 0.1) is 10.9 Å². The van der Waals surface area contributed by atoms with Gasteiger partial charge in [0, 0.05) is 35.0 Å². The Bertz CT molecular complexity index is 1060. The second-order valence-corrected chi connectivity index (χ2v) is 11.5. The highest BCUT2D eigenvalue weighted by atomic mass is 35.5. The third-order valence-electron chi connectivity index (χ3n) is 6.67. The van der Waals surface area contributed by atoms with Gasteiger partial charge in [0.2, 0.25) is 0 Å². The summed E-state index contributed by atoms with van der Waals surface area (Å²) in [6, 6.07) is 10.6. The van der Waals surface area contributed by atoms with Crippen LogP contribution in [0.25, 0.3) is 0 Å². The van der Waals surface area contributed by atoms with Crippen LogP contribution >= 0.6 is 23.2 Å². The summed E-state index contributed by atoms with van der Waals surface area (Å²) in [4.78, 5) is 2.82. The van der Waals surface area contributed by atoms with E-state index in [4.69, 9.17) is 27.9 Å². The predicted octanol–water partition coefficient (Wildman–Crippen LogP) is 3.59.